The summed E-state index contributed by atoms with van der Waals surface area (Å²) in [6.07, 6.45) is -0.565. The van der Waals surface area contributed by atoms with Crippen LogP contribution in [-0.4, -0.2) is 19.7 Å². The number of rotatable bonds is 1. The van der Waals surface area contributed by atoms with Crippen LogP contribution in [0.1, 0.15) is 11.7 Å². The van der Waals surface area contributed by atoms with Gasteiger partial charge in [-0.2, -0.15) is 0 Å². The highest BCUT2D eigenvalue weighted by molar-refractivity contribution is 5.22. The second kappa shape index (κ2) is 4.02. The molecule has 0 saturated carbocycles. The van der Waals surface area contributed by atoms with Gasteiger partial charge < -0.3 is 4.74 Å². The van der Waals surface area contributed by atoms with E-state index in [1.165, 1.54) is 18.2 Å². The smallest absolute Gasteiger partial charge is 0.132 e. The third kappa shape index (κ3) is 1.76. The van der Waals surface area contributed by atoms with E-state index in [0.29, 0.717) is 19.7 Å². The molecule has 0 bridgehead atoms. The van der Waals surface area contributed by atoms with Gasteiger partial charge >= 0.3 is 0 Å². The SMILES string of the molecule is Fc1cccc(F)c1[C@H]1C[N]CCO1. The quantitative estimate of drug-likeness (QED) is 0.672. The Hall–Kier alpha value is -1.00. The van der Waals surface area contributed by atoms with Crippen LogP contribution in [0.25, 0.3) is 0 Å². The van der Waals surface area contributed by atoms with Crippen LogP contribution >= 0.6 is 0 Å². The van der Waals surface area contributed by atoms with Gasteiger partial charge in [0.2, 0.25) is 0 Å². The van der Waals surface area contributed by atoms with Gasteiger partial charge in [-0.3, -0.25) is 0 Å². The Morgan fingerprint density at radius 1 is 1.29 bits per heavy atom. The van der Waals surface area contributed by atoms with Crippen LogP contribution in [0.5, 0.6) is 0 Å². The molecule has 1 radical (unpaired) electrons. The first-order chi connectivity index (χ1) is 6.79. The van der Waals surface area contributed by atoms with Crippen molar-refractivity contribution >= 4 is 0 Å². The van der Waals surface area contributed by atoms with E-state index in [1.54, 1.807) is 0 Å². The lowest BCUT2D eigenvalue weighted by atomic mass is 10.1. The molecule has 2 rings (SSSR count). The lowest BCUT2D eigenvalue weighted by Crippen LogP contribution is -2.29. The number of nitrogens with zero attached hydrogens (tertiary/aromatic N) is 1. The van der Waals surface area contributed by atoms with Crippen molar-refractivity contribution in [3.05, 3.63) is 35.4 Å². The maximum absolute atomic E-state index is 13.3. The van der Waals surface area contributed by atoms with Crippen molar-refractivity contribution < 1.29 is 13.5 Å². The molecule has 0 aliphatic carbocycles. The fourth-order valence-electron chi connectivity index (χ4n) is 1.51. The lowest BCUT2D eigenvalue weighted by molar-refractivity contribution is 0.0216. The highest BCUT2D eigenvalue weighted by Gasteiger charge is 2.23. The van der Waals surface area contributed by atoms with E-state index >= 15 is 0 Å². The molecule has 75 valence electrons. The standard InChI is InChI=1S/C10H10F2NO/c11-7-2-1-3-8(12)10(7)9-6-13-4-5-14-9/h1-3,9H,4-6H2/t9-/m1/s1. The molecule has 1 atom stereocenters. The first-order valence-electron chi connectivity index (χ1n) is 4.48. The number of hydrogen-bond acceptors (Lipinski definition) is 1. The summed E-state index contributed by atoms with van der Waals surface area (Å²) in [6, 6.07) is 3.81. The van der Waals surface area contributed by atoms with E-state index in [2.05, 4.69) is 5.32 Å². The molecule has 0 amide bonds. The maximum Gasteiger partial charge on any atom is 0.132 e. The summed E-state index contributed by atoms with van der Waals surface area (Å²) in [5.41, 5.74) is -0.00375. The minimum Gasteiger partial charge on any atom is -0.371 e. The Morgan fingerprint density at radius 2 is 2.00 bits per heavy atom. The van der Waals surface area contributed by atoms with Gasteiger partial charge in [-0.1, -0.05) is 6.07 Å². The van der Waals surface area contributed by atoms with E-state index in [0.717, 1.165) is 0 Å². The molecule has 0 N–H and O–H groups in total. The van der Waals surface area contributed by atoms with Crippen molar-refractivity contribution in [2.45, 2.75) is 6.10 Å². The molecule has 1 aromatic rings. The summed E-state index contributed by atoms with van der Waals surface area (Å²) in [7, 11) is 0. The summed E-state index contributed by atoms with van der Waals surface area (Å²) >= 11 is 0. The molecule has 1 heterocycles. The summed E-state index contributed by atoms with van der Waals surface area (Å²) in [4.78, 5) is 0. The molecule has 2 nitrogen and oxygen atoms in total. The Kier molecular flexibility index (Phi) is 2.74. The molecule has 1 fully saturated rings. The van der Waals surface area contributed by atoms with Crippen LogP contribution in [0.2, 0.25) is 0 Å². The third-order valence-electron chi connectivity index (χ3n) is 2.19. The molecular weight excluding hydrogens is 188 g/mol. The first kappa shape index (κ1) is 9.55. The van der Waals surface area contributed by atoms with Gasteiger partial charge in [0.25, 0.3) is 0 Å². The Labute approximate surface area is 80.9 Å². The number of ether oxygens (including phenoxy) is 1. The minimum atomic E-state index is -0.565. The third-order valence-corrected chi connectivity index (χ3v) is 2.19. The molecule has 1 aliphatic heterocycles. The highest BCUT2D eigenvalue weighted by atomic mass is 19.1. The average molecular weight is 198 g/mol. The van der Waals surface area contributed by atoms with Gasteiger partial charge in [0.1, 0.15) is 17.7 Å². The predicted molar refractivity (Wildman–Crippen MR) is 46.9 cm³/mol. The van der Waals surface area contributed by atoms with Gasteiger partial charge in [-0.05, 0) is 12.1 Å². The minimum absolute atomic E-state index is 0.00375. The number of benzene rings is 1. The molecule has 1 saturated heterocycles. The van der Waals surface area contributed by atoms with E-state index in [1.807, 2.05) is 0 Å². The van der Waals surface area contributed by atoms with Crippen molar-refractivity contribution in [3.8, 4) is 0 Å². The zero-order valence-electron chi connectivity index (χ0n) is 7.54. The fourth-order valence-corrected chi connectivity index (χ4v) is 1.51. The van der Waals surface area contributed by atoms with E-state index in [4.69, 9.17) is 4.74 Å². The van der Waals surface area contributed by atoms with Gasteiger partial charge in [-0.15, -0.1) is 0 Å². The van der Waals surface area contributed by atoms with Crippen LogP contribution in [0.4, 0.5) is 8.78 Å². The summed E-state index contributed by atoms with van der Waals surface area (Å²) in [5.74, 6) is -1.13. The van der Waals surface area contributed by atoms with Crippen LogP contribution in [0.3, 0.4) is 0 Å². The van der Waals surface area contributed by atoms with Crippen LogP contribution in [-0.2, 0) is 4.74 Å². The van der Waals surface area contributed by atoms with Crippen LogP contribution < -0.4 is 5.32 Å². The van der Waals surface area contributed by atoms with E-state index in [-0.39, 0.29) is 5.56 Å². The molecule has 14 heavy (non-hydrogen) atoms. The Morgan fingerprint density at radius 3 is 2.57 bits per heavy atom. The fraction of sp³-hybridized carbons (Fsp3) is 0.400. The highest BCUT2D eigenvalue weighted by Crippen LogP contribution is 2.24. The molecule has 4 heteroatoms. The van der Waals surface area contributed by atoms with Crippen molar-refractivity contribution in [1.29, 1.82) is 0 Å². The Bertz CT molecular complexity index is 304. The number of halogens is 2. The van der Waals surface area contributed by atoms with Crippen molar-refractivity contribution in [1.82, 2.24) is 5.32 Å². The van der Waals surface area contributed by atoms with Crippen LogP contribution in [0, 0.1) is 11.6 Å². The van der Waals surface area contributed by atoms with Crippen molar-refractivity contribution in [2.75, 3.05) is 19.7 Å². The van der Waals surface area contributed by atoms with Crippen molar-refractivity contribution in [2.24, 2.45) is 0 Å². The van der Waals surface area contributed by atoms with E-state index in [9.17, 15) is 8.78 Å². The van der Waals surface area contributed by atoms with Gasteiger partial charge in [0.05, 0.1) is 12.2 Å². The van der Waals surface area contributed by atoms with Crippen LogP contribution in [0.15, 0.2) is 18.2 Å². The molecule has 1 aromatic carbocycles. The number of morpholine rings is 1. The van der Waals surface area contributed by atoms with E-state index < -0.39 is 17.7 Å². The second-order valence-electron chi connectivity index (χ2n) is 3.12. The summed E-state index contributed by atoms with van der Waals surface area (Å²) < 4.78 is 31.8. The zero-order valence-corrected chi connectivity index (χ0v) is 7.54. The number of hydrogen-bond donors (Lipinski definition) is 0. The van der Waals surface area contributed by atoms with Gasteiger partial charge in [0.15, 0.2) is 0 Å². The molecular formula is C10H10F2NO. The molecule has 0 unspecified atom stereocenters. The zero-order chi connectivity index (χ0) is 9.97. The monoisotopic (exact) mass is 198 g/mol. The predicted octanol–water partition coefficient (Wildman–Crippen LogP) is 1.64. The lowest BCUT2D eigenvalue weighted by Gasteiger charge is -2.23. The first-order valence-corrected chi connectivity index (χ1v) is 4.48. The normalized spacial score (nSPS) is 22.3. The van der Waals surface area contributed by atoms with Crippen molar-refractivity contribution in [3.63, 3.8) is 0 Å². The molecule has 1 aliphatic rings. The molecule has 0 aromatic heterocycles. The van der Waals surface area contributed by atoms with Gasteiger partial charge in [0, 0.05) is 13.1 Å². The largest absolute Gasteiger partial charge is 0.371 e. The topological polar surface area (TPSA) is 23.3 Å². The second-order valence-corrected chi connectivity index (χ2v) is 3.12. The molecule has 0 spiro atoms. The maximum atomic E-state index is 13.3. The summed E-state index contributed by atoms with van der Waals surface area (Å²) in [6.45, 7) is 1.36. The van der Waals surface area contributed by atoms with Gasteiger partial charge in [-0.25, -0.2) is 14.1 Å². The average Bonchev–Trinajstić information content (AvgIpc) is 2.19. The Balaban J connectivity index is 2.29. The summed E-state index contributed by atoms with van der Waals surface area (Å²) in [5, 5.41) is 4.06.